The van der Waals surface area contributed by atoms with Gasteiger partial charge in [-0.25, -0.2) is 14.2 Å². The van der Waals surface area contributed by atoms with E-state index in [-0.39, 0.29) is 11.6 Å². The number of alkyl halides is 3. The molecule has 0 spiro atoms. The first-order valence-corrected chi connectivity index (χ1v) is 9.80. The van der Waals surface area contributed by atoms with E-state index >= 15 is 0 Å². The first-order chi connectivity index (χ1) is 14.7. The average Bonchev–Trinajstić information content (AvgIpc) is 3.23. The number of aromatic nitrogens is 2. The van der Waals surface area contributed by atoms with Crippen LogP contribution in [0.25, 0.3) is 11.3 Å². The summed E-state index contributed by atoms with van der Waals surface area (Å²) in [5.74, 6) is -4.55. The number of nitrogens with zero attached hydrogens (tertiary/aromatic N) is 2. The summed E-state index contributed by atoms with van der Waals surface area (Å²) in [5, 5.41) is 4.14. The van der Waals surface area contributed by atoms with Crippen molar-refractivity contribution in [3.63, 3.8) is 0 Å². The van der Waals surface area contributed by atoms with E-state index in [1.165, 1.54) is 36.7 Å². The first-order valence-electron chi connectivity index (χ1n) is 8.92. The minimum Gasteiger partial charge on any atom is -0.442 e. The summed E-state index contributed by atoms with van der Waals surface area (Å²) >= 11 is 1.07. The van der Waals surface area contributed by atoms with Crippen molar-refractivity contribution in [2.45, 2.75) is 24.1 Å². The fraction of sp³-hybridized carbons (Fsp3) is 0.200. The van der Waals surface area contributed by atoms with Crippen molar-refractivity contribution in [3.8, 4) is 11.3 Å². The number of halogens is 4. The van der Waals surface area contributed by atoms with E-state index in [0.29, 0.717) is 16.8 Å². The average molecular weight is 451 g/mol. The van der Waals surface area contributed by atoms with Gasteiger partial charge >= 0.3 is 12.1 Å². The molecule has 6 nitrogen and oxygen atoms in total. The number of thiazole rings is 1. The molecule has 0 bridgehead atoms. The van der Waals surface area contributed by atoms with Crippen LogP contribution in [0.3, 0.4) is 0 Å². The Morgan fingerprint density at radius 3 is 2.45 bits per heavy atom. The Morgan fingerprint density at radius 2 is 1.87 bits per heavy atom. The Hall–Kier alpha value is -3.34. The van der Waals surface area contributed by atoms with Gasteiger partial charge in [-0.15, -0.1) is 11.3 Å². The Kier molecular flexibility index (Phi) is 5.21. The fourth-order valence-corrected chi connectivity index (χ4v) is 3.68. The van der Waals surface area contributed by atoms with Gasteiger partial charge in [0, 0.05) is 35.7 Å². The van der Waals surface area contributed by atoms with Crippen LogP contribution in [0.5, 0.6) is 0 Å². The maximum absolute atomic E-state index is 13.1. The zero-order valence-electron chi connectivity index (χ0n) is 15.5. The number of pyridine rings is 1. The predicted molar refractivity (Wildman–Crippen MR) is 103 cm³/mol. The van der Waals surface area contributed by atoms with Crippen LogP contribution in [-0.2, 0) is 14.3 Å². The van der Waals surface area contributed by atoms with E-state index in [9.17, 15) is 27.2 Å². The van der Waals surface area contributed by atoms with Gasteiger partial charge in [0.15, 0.2) is 10.7 Å². The summed E-state index contributed by atoms with van der Waals surface area (Å²) in [6.07, 6.45) is -2.57. The summed E-state index contributed by atoms with van der Waals surface area (Å²) in [4.78, 5) is 32.3. The van der Waals surface area contributed by atoms with Crippen LogP contribution in [0, 0.1) is 5.82 Å². The molecule has 4 rings (SSSR count). The lowest BCUT2D eigenvalue weighted by Gasteiger charge is -2.18. The second kappa shape index (κ2) is 7.73. The lowest BCUT2D eigenvalue weighted by molar-refractivity contribution is -0.207. The zero-order chi connectivity index (χ0) is 22.2. The molecule has 1 N–H and O–H groups in total. The van der Waals surface area contributed by atoms with E-state index in [1.807, 2.05) is 0 Å². The van der Waals surface area contributed by atoms with Crippen LogP contribution in [0.1, 0.15) is 17.9 Å². The number of nitrogens with one attached hydrogen (secondary N) is 1. The molecule has 1 aromatic carbocycles. The number of carbonyl (C=O) groups is 2. The summed E-state index contributed by atoms with van der Waals surface area (Å²) in [5.41, 5.74) is -0.443. The van der Waals surface area contributed by atoms with Crippen LogP contribution < -0.4 is 5.32 Å². The molecule has 2 atom stereocenters. The molecule has 1 amide bonds. The molecular weight excluding hydrogens is 438 g/mol. The van der Waals surface area contributed by atoms with Crippen LogP contribution in [0.2, 0.25) is 0 Å². The van der Waals surface area contributed by atoms with Crippen molar-refractivity contribution >= 4 is 28.3 Å². The molecular formula is C20H13F4N3O3S. The SMILES string of the molecule is O=C(OC1(C(=O)Nc2nccs2)CC1c1ccc(-c2ccc(F)cc2)nc1)C(F)(F)F. The highest BCUT2D eigenvalue weighted by molar-refractivity contribution is 7.13. The maximum Gasteiger partial charge on any atom is 0.490 e. The quantitative estimate of drug-likeness (QED) is 0.462. The number of benzene rings is 1. The van der Waals surface area contributed by atoms with E-state index < -0.39 is 35.4 Å². The smallest absolute Gasteiger partial charge is 0.442 e. The number of anilines is 1. The molecule has 2 unspecified atom stereocenters. The molecule has 1 fully saturated rings. The molecule has 1 aliphatic rings. The molecule has 0 aliphatic heterocycles. The molecule has 1 saturated carbocycles. The number of esters is 1. The molecule has 0 saturated heterocycles. The zero-order valence-corrected chi connectivity index (χ0v) is 16.3. The highest BCUT2D eigenvalue weighted by Crippen LogP contribution is 2.55. The molecule has 3 aromatic rings. The highest BCUT2D eigenvalue weighted by atomic mass is 32.1. The predicted octanol–water partition coefficient (Wildman–Crippen LogP) is 4.31. The van der Waals surface area contributed by atoms with Crippen molar-refractivity contribution in [2.24, 2.45) is 0 Å². The monoisotopic (exact) mass is 451 g/mol. The van der Waals surface area contributed by atoms with Crippen LogP contribution >= 0.6 is 11.3 Å². The standard InChI is InChI=1S/C20H13F4N3O3S/c21-13-4-1-11(2-5-13)15-6-3-12(10-26-15)14-9-19(14,30-17(29)20(22,23)24)16(28)27-18-25-7-8-31-18/h1-8,10,14H,9H2,(H,25,27,28). The summed E-state index contributed by atoms with van der Waals surface area (Å²) < 4.78 is 56.1. The van der Waals surface area contributed by atoms with Crippen molar-refractivity contribution < 1.29 is 31.9 Å². The number of rotatable bonds is 5. The van der Waals surface area contributed by atoms with Gasteiger partial charge in [-0.05, 0) is 35.9 Å². The third-order valence-corrected chi connectivity index (χ3v) is 5.47. The Bertz CT molecular complexity index is 1100. The molecule has 2 aromatic heterocycles. The third kappa shape index (κ3) is 4.26. The second-order valence-corrected chi connectivity index (χ2v) is 7.70. The lowest BCUT2D eigenvalue weighted by atomic mass is 10.1. The number of ether oxygens (including phenoxy) is 1. The van der Waals surface area contributed by atoms with Crippen molar-refractivity contribution in [2.75, 3.05) is 5.32 Å². The minimum atomic E-state index is -5.24. The number of hydrogen-bond acceptors (Lipinski definition) is 6. The van der Waals surface area contributed by atoms with E-state index in [4.69, 9.17) is 0 Å². The Labute approximate surface area is 176 Å². The van der Waals surface area contributed by atoms with E-state index in [0.717, 1.165) is 11.3 Å². The Balaban J connectivity index is 1.58. The largest absolute Gasteiger partial charge is 0.490 e. The van der Waals surface area contributed by atoms with Gasteiger partial charge in [0.2, 0.25) is 0 Å². The molecule has 11 heteroatoms. The third-order valence-electron chi connectivity index (χ3n) is 4.78. The number of carbonyl (C=O) groups excluding carboxylic acids is 2. The van der Waals surface area contributed by atoms with Gasteiger partial charge in [-0.1, -0.05) is 6.07 Å². The van der Waals surface area contributed by atoms with Crippen LogP contribution in [-0.4, -0.2) is 33.6 Å². The molecule has 160 valence electrons. The highest BCUT2D eigenvalue weighted by Gasteiger charge is 2.66. The van der Waals surface area contributed by atoms with Crippen molar-refractivity contribution in [1.29, 1.82) is 0 Å². The fourth-order valence-electron chi connectivity index (χ4n) is 3.16. The number of amides is 1. The summed E-state index contributed by atoms with van der Waals surface area (Å²) in [6.45, 7) is 0. The van der Waals surface area contributed by atoms with Gasteiger partial charge in [-0.2, -0.15) is 13.2 Å². The first kappa shape index (κ1) is 20.9. The maximum atomic E-state index is 13.1. The molecule has 1 aliphatic carbocycles. The van der Waals surface area contributed by atoms with E-state index in [2.05, 4.69) is 20.0 Å². The van der Waals surface area contributed by atoms with Gasteiger partial charge in [-0.3, -0.25) is 15.1 Å². The van der Waals surface area contributed by atoms with Gasteiger partial charge in [0.05, 0.1) is 5.69 Å². The van der Waals surface area contributed by atoms with Crippen LogP contribution in [0.4, 0.5) is 22.7 Å². The Morgan fingerprint density at radius 1 is 1.13 bits per heavy atom. The van der Waals surface area contributed by atoms with Gasteiger partial charge < -0.3 is 4.74 Å². The minimum absolute atomic E-state index is 0.135. The van der Waals surface area contributed by atoms with E-state index in [1.54, 1.807) is 17.5 Å². The normalized spacial score (nSPS) is 20.2. The summed E-state index contributed by atoms with van der Waals surface area (Å²) in [7, 11) is 0. The van der Waals surface area contributed by atoms with Gasteiger partial charge in [0.25, 0.3) is 5.91 Å². The van der Waals surface area contributed by atoms with Crippen molar-refractivity contribution in [1.82, 2.24) is 9.97 Å². The summed E-state index contributed by atoms with van der Waals surface area (Å²) in [6, 6.07) is 8.79. The lowest BCUT2D eigenvalue weighted by Crippen LogP contribution is -2.40. The molecule has 0 radical (unpaired) electrons. The molecule has 2 heterocycles. The van der Waals surface area contributed by atoms with Gasteiger partial charge in [0.1, 0.15) is 5.82 Å². The topological polar surface area (TPSA) is 81.2 Å². The van der Waals surface area contributed by atoms with Crippen LogP contribution in [0.15, 0.2) is 54.2 Å². The second-order valence-electron chi connectivity index (χ2n) is 6.81. The number of hydrogen-bond donors (Lipinski definition) is 1. The van der Waals surface area contributed by atoms with Crippen molar-refractivity contribution in [3.05, 3.63) is 65.6 Å². The molecule has 31 heavy (non-hydrogen) atoms.